The van der Waals surface area contributed by atoms with E-state index < -0.39 is 15.9 Å². The van der Waals surface area contributed by atoms with Crippen molar-refractivity contribution in [3.8, 4) is 0 Å². The van der Waals surface area contributed by atoms with Crippen LogP contribution in [0.5, 0.6) is 0 Å². The smallest absolute Gasteiger partial charge is 0.263 e. The second-order valence-corrected chi connectivity index (χ2v) is 11.1. The zero-order valence-corrected chi connectivity index (χ0v) is 21.8. The Hall–Kier alpha value is -3.24. The molecule has 0 atom stereocenters. The van der Waals surface area contributed by atoms with Crippen molar-refractivity contribution >= 4 is 44.2 Å². The Labute approximate surface area is 216 Å². The lowest BCUT2D eigenvalue weighted by Crippen LogP contribution is -2.44. The summed E-state index contributed by atoms with van der Waals surface area (Å²) >= 11 is 5.21. The third-order valence-electron chi connectivity index (χ3n) is 6.48. The van der Waals surface area contributed by atoms with E-state index >= 15 is 0 Å². The summed E-state index contributed by atoms with van der Waals surface area (Å²) in [7, 11) is -2.14. The highest BCUT2D eigenvalue weighted by atomic mass is 32.2. The predicted octanol–water partition coefficient (Wildman–Crippen LogP) is 3.00. The van der Waals surface area contributed by atoms with Gasteiger partial charge in [-0.05, 0) is 66.7 Å². The number of hydrogen-bond acceptors (Lipinski definition) is 5. The number of aryl methyl sites for hydroxylation is 1. The molecular formula is C26H30N4O4S2. The normalized spacial score (nSPS) is 14.4. The minimum absolute atomic E-state index is 0.0847. The maximum absolute atomic E-state index is 12.7. The van der Waals surface area contributed by atoms with Crippen molar-refractivity contribution in [1.29, 1.82) is 0 Å². The highest BCUT2D eigenvalue weighted by Crippen LogP contribution is 2.18. The molecule has 3 aromatic rings. The molecule has 1 aromatic heterocycles. The number of rotatable bonds is 7. The number of nitrogens with zero attached hydrogens (tertiary/aromatic N) is 1. The van der Waals surface area contributed by atoms with Gasteiger partial charge in [0.25, 0.3) is 21.5 Å². The molecule has 1 aliphatic carbocycles. The van der Waals surface area contributed by atoms with E-state index in [1.807, 2.05) is 24.3 Å². The van der Waals surface area contributed by atoms with E-state index in [1.54, 1.807) is 25.2 Å². The molecule has 1 heterocycles. The van der Waals surface area contributed by atoms with Crippen LogP contribution in [0, 0.1) is 0 Å². The minimum atomic E-state index is -3.78. The van der Waals surface area contributed by atoms with Crippen LogP contribution in [-0.2, 0) is 23.5 Å². The van der Waals surface area contributed by atoms with Crippen LogP contribution in [0.25, 0.3) is 10.9 Å². The van der Waals surface area contributed by atoms with Crippen LogP contribution in [0.2, 0.25) is 0 Å². The molecule has 1 fully saturated rings. The lowest BCUT2D eigenvalue weighted by Gasteiger charge is -2.24. The molecule has 3 N–H and O–H groups in total. The number of carbonyl (C=O) groups is 1. The molecule has 0 radical (unpaired) electrons. The second-order valence-electron chi connectivity index (χ2n) is 9.04. The second kappa shape index (κ2) is 11.2. The highest BCUT2D eigenvalue weighted by molar-refractivity contribution is 7.91. The maximum atomic E-state index is 12.7. The Balaban J connectivity index is 1.32. The van der Waals surface area contributed by atoms with Gasteiger partial charge in [-0.2, -0.15) is 0 Å². The molecular weight excluding hydrogens is 496 g/mol. The molecule has 1 saturated carbocycles. The number of thiocarbonyl (C=S) groups is 1. The van der Waals surface area contributed by atoms with Crippen LogP contribution >= 0.6 is 12.2 Å². The summed E-state index contributed by atoms with van der Waals surface area (Å²) in [5, 5.41) is 6.81. The van der Waals surface area contributed by atoms with Crippen molar-refractivity contribution in [2.24, 2.45) is 7.05 Å². The summed E-state index contributed by atoms with van der Waals surface area (Å²) in [4.78, 5) is 25.4. The number of carbonyl (C=O) groups excluding carboxylic acids is 1. The van der Waals surface area contributed by atoms with E-state index in [0.29, 0.717) is 13.0 Å². The first-order valence-electron chi connectivity index (χ1n) is 12.0. The lowest BCUT2D eigenvalue weighted by molar-refractivity contribution is 0.0952. The van der Waals surface area contributed by atoms with Crippen molar-refractivity contribution in [2.75, 3.05) is 6.54 Å². The van der Waals surface area contributed by atoms with Crippen molar-refractivity contribution < 1.29 is 13.2 Å². The fourth-order valence-electron chi connectivity index (χ4n) is 4.48. The van der Waals surface area contributed by atoms with Crippen LogP contribution in [0.3, 0.4) is 0 Å². The van der Waals surface area contributed by atoms with Gasteiger partial charge in [-0.15, -0.1) is 0 Å². The molecule has 0 bridgehead atoms. The molecule has 0 aliphatic heterocycles. The van der Waals surface area contributed by atoms with E-state index in [9.17, 15) is 18.0 Å². The van der Waals surface area contributed by atoms with Crippen LogP contribution in [0.4, 0.5) is 0 Å². The Bertz CT molecular complexity index is 1430. The zero-order chi connectivity index (χ0) is 25.7. The van der Waals surface area contributed by atoms with Gasteiger partial charge < -0.3 is 15.2 Å². The van der Waals surface area contributed by atoms with Crippen LogP contribution in [0.15, 0.2) is 64.3 Å². The van der Waals surface area contributed by atoms with Gasteiger partial charge >= 0.3 is 0 Å². The van der Waals surface area contributed by atoms with Gasteiger partial charge in [-0.1, -0.05) is 49.6 Å². The Kier molecular flexibility index (Phi) is 8.05. The summed E-state index contributed by atoms with van der Waals surface area (Å²) < 4.78 is 29.3. The van der Waals surface area contributed by atoms with E-state index in [0.717, 1.165) is 42.1 Å². The summed E-state index contributed by atoms with van der Waals surface area (Å²) in [6, 6.07) is 15.6. The van der Waals surface area contributed by atoms with Gasteiger partial charge in [0.05, 0.1) is 10.4 Å². The van der Waals surface area contributed by atoms with Crippen LogP contribution < -0.4 is 20.9 Å². The van der Waals surface area contributed by atoms with Gasteiger partial charge in [-0.25, -0.2) is 8.42 Å². The highest BCUT2D eigenvalue weighted by Gasteiger charge is 2.19. The molecule has 1 aliphatic rings. The SMILES string of the molecule is Cn1c(=O)c(C(=O)NCCc2ccc(S(=O)(=O)NC(=S)NC3CCCCC3)cc2)cc2ccccc21. The van der Waals surface area contributed by atoms with E-state index in [1.165, 1.54) is 23.1 Å². The molecule has 0 spiro atoms. The minimum Gasteiger partial charge on any atom is -0.359 e. The van der Waals surface area contributed by atoms with Crippen LogP contribution in [-0.4, -0.2) is 36.6 Å². The van der Waals surface area contributed by atoms with Gasteiger partial charge in [0.2, 0.25) is 0 Å². The lowest BCUT2D eigenvalue weighted by atomic mass is 9.96. The topological polar surface area (TPSA) is 109 Å². The third kappa shape index (κ3) is 6.11. The standard InChI is InChI=1S/C26H30N4O4S2/c1-30-23-10-6-5-7-19(23)17-22(25(30)32)24(31)27-16-15-18-11-13-21(14-12-18)36(33,34)29-26(35)28-20-8-3-2-4-9-20/h5-7,10-14,17,20H,2-4,8-9,15-16H2,1H3,(H,27,31)(H2,28,29,35). The first-order valence-corrected chi connectivity index (χ1v) is 13.9. The van der Waals surface area contributed by atoms with Crippen molar-refractivity contribution in [3.63, 3.8) is 0 Å². The number of benzene rings is 2. The summed E-state index contributed by atoms with van der Waals surface area (Å²) in [6.07, 6.45) is 5.90. The number of pyridine rings is 1. The number of amides is 1. The number of sulfonamides is 1. The number of hydrogen-bond donors (Lipinski definition) is 3. The monoisotopic (exact) mass is 526 g/mol. The first-order chi connectivity index (χ1) is 17.2. The third-order valence-corrected chi connectivity index (χ3v) is 8.19. The summed E-state index contributed by atoms with van der Waals surface area (Å²) in [5.74, 6) is -0.441. The molecule has 1 amide bonds. The van der Waals surface area contributed by atoms with Gasteiger partial charge in [-0.3, -0.25) is 14.3 Å². The largest absolute Gasteiger partial charge is 0.359 e. The van der Waals surface area contributed by atoms with Crippen LogP contribution in [0.1, 0.15) is 48.0 Å². The number of nitrogens with one attached hydrogen (secondary N) is 3. The van der Waals surface area contributed by atoms with E-state index in [4.69, 9.17) is 12.2 Å². The Morgan fingerprint density at radius 1 is 1.06 bits per heavy atom. The summed E-state index contributed by atoms with van der Waals surface area (Å²) in [6.45, 7) is 0.300. The van der Waals surface area contributed by atoms with Gasteiger partial charge in [0.1, 0.15) is 5.56 Å². The van der Waals surface area contributed by atoms with Gasteiger partial charge in [0, 0.05) is 19.6 Å². The Morgan fingerprint density at radius 3 is 2.47 bits per heavy atom. The quantitative estimate of drug-likeness (QED) is 0.409. The fraction of sp³-hybridized carbons (Fsp3) is 0.346. The molecule has 10 heteroatoms. The van der Waals surface area contributed by atoms with E-state index in [2.05, 4.69) is 15.4 Å². The molecule has 0 saturated heterocycles. The molecule has 4 rings (SSSR count). The number of para-hydroxylation sites is 1. The maximum Gasteiger partial charge on any atom is 0.263 e. The molecule has 36 heavy (non-hydrogen) atoms. The zero-order valence-electron chi connectivity index (χ0n) is 20.1. The number of fused-ring (bicyclic) bond motifs is 1. The molecule has 2 aromatic carbocycles. The van der Waals surface area contributed by atoms with E-state index in [-0.39, 0.29) is 27.2 Å². The number of aromatic nitrogens is 1. The molecule has 8 nitrogen and oxygen atoms in total. The molecule has 190 valence electrons. The first kappa shape index (κ1) is 25.8. The fourth-order valence-corrected chi connectivity index (χ4v) is 5.89. The van der Waals surface area contributed by atoms with Crippen molar-refractivity contribution in [1.82, 2.24) is 19.9 Å². The average Bonchev–Trinajstić information content (AvgIpc) is 2.86. The van der Waals surface area contributed by atoms with Crippen molar-refractivity contribution in [3.05, 3.63) is 76.1 Å². The Morgan fingerprint density at radius 2 is 1.75 bits per heavy atom. The predicted molar refractivity (Wildman–Crippen MR) is 145 cm³/mol. The molecule has 0 unspecified atom stereocenters. The summed E-state index contributed by atoms with van der Waals surface area (Å²) in [5.41, 5.74) is 1.34. The average molecular weight is 527 g/mol. The van der Waals surface area contributed by atoms with Crippen molar-refractivity contribution in [2.45, 2.75) is 49.5 Å². The van der Waals surface area contributed by atoms with Gasteiger partial charge in [0.15, 0.2) is 5.11 Å².